The van der Waals surface area contributed by atoms with Crippen LogP contribution in [0, 0.1) is 5.92 Å². The topological polar surface area (TPSA) is 46.2 Å². The lowest BCUT2D eigenvalue weighted by atomic mass is 9.75. The predicted octanol–water partition coefficient (Wildman–Crippen LogP) is 3.95. The first-order valence-corrected chi connectivity index (χ1v) is 8.37. The van der Waals surface area contributed by atoms with Gasteiger partial charge in [0.2, 0.25) is 12.6 Å². The van der Waals surface area contributed by atoms with Crippen LogP contribution in [0.1, 0.15) is 30.9 Å². The smallest absolute Gasteiger partial charge is 0.231 e. The fourth-order valence-electron chi connectivity index (χ4n) is 3.68. The summed E-state index contributed by atoms with van der Waals surface area (Å²) < 4.78 is 28.5. The Balaban J connectivity index is 1.89. The summed E-state index contributed by atoms with van der Waals surface area (Å²) in [6.07, 6.45) is 0. The van der Waals surface area contributed by atoms with E-state index in [4.69, 9.17) is 23.7 Å². The van der Waals surface area contributed by atoms with Crippen LogP contribution < -0.4 is 18.9 Å². The Hall–Kier alpha value is -2.40. The predicted molar refractivity (Wildman–Crippen MR) is 92.6 cm³/mol. The standard InChI is InChI=1S/C20H22O5/c1-12-19(13-6-5-7-14(8-13)21-3)15-9-17-18(24-11-23-17)10-16(15)25-20(12,2)22-4/h5-10,12,19H,11H2,1-4H3/t12-,19-,20+/m0/s1. The molecule has 2 aliphatic rings. The molecule has 0 saturated carbocycles. The Morgan fingerprint density at radius 1 is 1.04 bits per heavy atom. The van der Waals surface area contributed by atoms with Crippen molar-refractivity contribution in [2.75, 3.05) is 21.0 Å². The van der Waals surface area contributed by atoms with Gasteiger partial charge in [-0.25, -0.2) is 0 Å². The zero-order chi connectivity index (χ0) is 17.6. The summed E-state index contributed by atoms with van der Waals surface area (Å²) in [5.41, 5.74) is 2.22. The van der Waals surface area contributed by atoms with E-state index in [2.05, 4.69) is 19.1 Å². The summed E-state index contributed by atoms with van der Waals surface area (Å²) in [4.78, 5) is 0. The van der Waals surface area contributed by atoms with Crippen LogP contribution in [0.25, 0.3) is 0 Å². The summed E-state index contributed by atoms with van der Waals surface area (Å²) in [7, 11) is 3.36. The maximum absolute atomic E-state index is 6.23. The van der Waals surface area contributed by atoms with Crippen LogP contribution in [0.3, 0.4) is 0 Å². The number of fused-ring (bicyclic) bond motifs is 2. The van der Waals surface area contributed by atoms with Gasteiger partial charge in [0.05, 0.1) is 7.11 Å². The molecule has 5 heteroatoms. The molecule has 0 radical (unpaired) electrons. The van der Waals surface area contributed by atoms with Crippen LogP contribution in [-0.4, -0.2) is 26.8 Å². The Morgan fingerprint density at radius 2 is 1.80 bits per heavy atom. The fraction of sp³-hybridized carbons (Fsp3) is 0.400. The van der Waals surface area contributed by atoms with Crippen LogP contribution in [0.2, 0.25) is 0 Å². The summed E-state index contributed by atoms with van der Waals surface area (Å²) in [6.45, 7) is 4.35. The molecule has 0 unspecified atom stereocenters. The number of rotatable bonds is 3. The Kier molecular flexibility index (Phi) is 3.76. The van der Waals surface area contributed by atoms with Gasteiger partial charge in [-0.15, -0.1) is 0 Å². The molecule has 0 saturated heterocycles. The zero-order valence-electron chi connectivity index (χ0n) is 14.9. The van der Waals surface area contributed by atoms with Gasteiger partial charge in [0.25, 0.3) is 0 Å². The Morgan fingerprint density at radius 3 is 2.52 bits per heavy atom. The van der Waals surface area contributed by atoms with Crippen LogP contribution in [0.5, 0.6) is 23.0 Å². The molecule has 2 aromatic rings. The highest BCUT2D eigenvalue weighted by Crippen LogP contribution is 2.52. The minimum Gasteiger partial charge on any atom is -0.497 e. The highest BCUT2D eigenvalue weighted by Gasteiger charge is 2.46. The number of hydrogen-bond donors (Lipinski definition) is 0. The van der Waals surface area contributed by atoms with E-state index in [-0.39, 0.29) is 18.6 Å². The van der Waals surface area contributed by atoms with Crippen molar-refractivity contribution in [2.24, 2.45) is 5.92 Å². The maximum atomic E-state index is 6.23. The third kappa shape index (κ3) is 2.50. The molecule has 3 atom stereocenters. The average molecular weight is 342 g/mol. The van der Waals surface area contributed by atoms with Crippen LogP contribution in [0.15, 0.2) is 36.4 Å². The largest absolute Gasteiger partial charge is 0.497 e. The quantitative estimate of drug-likeness (QED) is 0.845. The van der Waals surface area contributed by atoms with E-state index in [0.717, 1.165) is 28.4 Å². The number of hydrogen-bond acceptors (Lipinski definition) is 5. The van der Waals surface area contributed by atoms with E-state index < -0.39 is 5.79 Å². The fourth-order valence-corrected chi connectivity index (χ4v) is 3.68. The highest BCUT2D eigenvalue weighted by molar-refractivity contribution is 5.56. The molecular formula is C20H22O5. The van der Waals surface area contributed by atoms with Crippen LogP contribution in [-0.2, 0) is 4.74 Å². The van der Waals surface area contributed by atoms with Gasteiger partial charge in [-0.05, 0) is 23.8 Å². The van der Waals surface area contributed by atoms with E-state index >= 15 is 0 Å². The summed E-state index contributed by atoms with van der Waals surface area (Å²) in [6, 6.07) is 12.1. The van der Waals surface area contributed by atoms with Gasteiger partial charge in [-0.2, -0.15) is 0 Å². The van der Waals surface area contributed by atoms with Gasteiger partial charge >= 0.3 is 0 Å². The van der Waals surface area contributed by atoms with Gasteiger partial charge in [0.1, 0.15) is 11.5 Å². The van der Waals surface area contributed by atoms with Crippen molar-refractivity contribution in [2.45, 2.75) is 25.6 Å². The maximum Gasteiger partial charge on any atom is 0.231 e. The van der Waals surface area contributed by atoms with Crippen molar-refractivity contribution in [1.29, 1.82) is 0 Å². The second-order valence-electron chi connectivity index (χ2n) is 6.61. The molecule has 2 aliphatic heterocycles. The Bertz CT molecular complexity index is 803. The molecule has 132 valence electrons. The molecule has 0 N–H and O–H groups in total. The van der Waals surface area contributed by atoms with Crippen molar-refractivity contribution in [1.82, 2.24) is 0 Å². The first kappa shape index (κ1) is 16.1. The number of benzene rings is 2. The second kappa shape index (κ2) is 5.85. The van der Waals surface area contributed by atoms with Gasteiger partial charge in [0.15, 0.2) is 11.5 Å². The third-order valence-corrected chi connectivity index (χ3v) is 5.34. The highest BCUT2D eigenvalue weighted by atomic mass is 16.7. The lowest BCUT2D eigenvalue weighted by Gasteiger charge is -2.44. The van der Waals surface area contributed by atoms with Crippen molar-refractivity contribution in [3.05, 3.63) is 47.5 Å². The molecule has 0 bridgehead atoms. The van der Waals surface area contributed by atoms with Gasteiger partial charge in [-0.1, -0.05) is 19.1 Å². The van der Waals surface area contributed by atoms with Crippen molar-refractivity contribution in [3.63, 3.8) is 0 Å². The summed E-state index contributed by atoms with van der Waals surface area (Å²) in [5.74, 6) is 2.47. The first-order chi connectivity index (χ1) is 12.1. The first-order valence-electron chi connectivity index (χ1n) is 8.37. The molecule has 2 heterocycles. The minimum absolute atomic E-state index is 0.0810. The van der Waals surface area contributed by atoms with Gasteiger partial charge < -0.3 is 23.7 Å². The van der Waals surface area contributed by atoms with Crippen molar-refractivity contribution < 1.29 is 23.7 Å². The average Bonchev–Trinajstić information content (AvgIpc) is 3.08. The monoisotopic (exact) mass is 342 g/mol. The number of methoxy groups -OCH3 is 2. The van der Waals surface area contributed by atoms with Crippen molar-refractivity contribution in [3.8, 4) is 23.0 Å². The van der Waals surface area contributed by atoms with E-state index in [1.54, 1.807) is 14.2 Å². The van der Waals surface area contributed by atoms with E-state index in [1.165, 1.54) is 0 Å². The molecule has 0 amide bonds. The summed E-state index contributed by atoms with van der Waals surface area (Å²) >= 11 is 0. The van der Waals surface area contributed by atoms with Crippen LogP contribution in [0.4, 0.5) is 0 Å². The molecule has 2 aromatic carbocycles. The number of ether oxygens (including phenoxy) is 5. The minimum atomic E-state index is -0.742. The second-order valence-corrected chi connectivity index (χ2v) is 6.61. The van der Waals surface area contributed by atoms with Crippen molar-refractivity contribution >= 4 is 0 Å². The molecule has 5 nitrogen and oxygen atoms in total. The lowest BCUT2D eigenvalue weighted by Crippen LogP contribution is -2.47. The third-order valence-electron chi connectivity index (χ3n) is 5.34. The molecule has 0 spiro atoms. The molecule has 25 heavy (non-hydrogen) atoms. The summed E-state index contributed by atoms with van der Waals surface area (Å²) in [5, 5.41) is 0. The molecule has 4 rings (SSSR count). The molecular weight excluding hydrogens is 320 g/mol. The Labute approximate surface area is 147 Å². The molecule has 0 fully saturated rings. The SMILES string of the molecule is COc1cccc([C@H]2c3cc4c(cc3O[C@@](C)(OC)[C@H]2C)OCO4)c1. The van der Waals surface area contributed by atoms with Gasteiger partial charge in [-0.3, -0.25) is 0 Å². The van der Waals surface area contributed by atoms with Gasteiger partial charge in [0, 0.05) is 37.5 Å². The molecule has 0 aromatic heterocycles. The van der Waals surface area contributed by atoms with E-state index in [0.29, 0.717) is 5.75 Å². The van der Waals surface area contributed by atoms with Crippen LogP contribution >= 0.6 is 0 Å². The molecule has 0 aliphatic carbocycles. The normalized spacial score (nSPS) is 26.7. The zero-order valence-corrected chi connectivity index (χ0v) is 14.9. The lowest BCUT2D eigenvalue weighted by molar-refractivity contribution is -0.194. The van der Waals surface area contributed by atoms with E-state index in [1.807, 2.05) is 31.2 Å². The van der Waals surface area contributed by atoms with E-state index in [9.17, 15) is 0 Å².